The molecular weight excluding hydrogens is 325 g/mol. The lowest BCUT2D eigenvalue weighted by molar-refractivity contribution is -0.137. The molecule has 0 aromatic heterocycles. The van der Waals surface area contributed by atoms with E-state index in [9.17, 15) is 23.1 Å². The van der Waals surface area contributed by atoms with Gasteiger partial charge in [-0.3, -0.25) is 0 Å². The Labute approximate surface area is 137 Å². The molecule has 0 bridgehead atoms. The topological polar surface area (TPSA) is 61.8 Å². The number of β-amino-alcohol motifs (C(OH)–C–C–N with tert-alkyl or cyclic N) is 1. The van der Waals surface area contributed by atoms with Crippen molar-refractivity contribution in [2.24, 2.45) is 0 Å². The van der Waals surface area contributed by atoms with Gasteiger partial charge in [-0.2, -0.15) is 13.2 Å². The third kappa shape index (κ3) is 3.64. The average Bonchev–Trinajstić information content (AvgIpc) is 3.16. The number of benzene rings is 1. The molecule has 0 aliphatic carbocycles. The van der Waals surface area contributed by atoms with Crippen molar-refractivity contribution in [2.75, 3.05) is 19.8 Å². The Kier molecular flexibility index (Phi) is 4.69. The summed E-state index contributed by atoms with van der Waals surface area (Å²) in [7, 11) is 0. The van der Waals surface area contributed by atoms with E-state index in [-0.39, 0.29) is 18.6 Å². The Hall–Kier alpha value is -1.80. The third-order valence-corrected chi connectivity index (χ3v) is 4.42. The van der Waals surface area contributed by atoms with Crippen LogP contribution in [0.3, 0.4) is 0 Å². The predicted molar refractivity (Wildman–Crippen MR) is 79.3 cm³/mol. The second-order valence-electron chi connectivity index (χ2n) is 6.19. The number of nitrogens with one attached hydrogen (secondary N) is 1. The van der Waals surface area contributed by atoms with Crippen LogP contribution in [0.5, 0.6) is 0 Å². The summed E-state index contributed by atoms with van der Waals surface area (Å²) in [6.45, 7) is 1.20. The van der Waals surface area contributed by atoms with Crippen molar-refractivity contribution in [1.29, 1.82) is 0 Å². The quantitative estimate of drug-likeness (QED) is 0.866. The lowest BCUT2D eigenvalue weighted by Gasteiger charge is -2.26. The van der Waals surface area contributed by atoms with Crippen LogP contribution in [0.25, 0.3) is 0 Å². The summed E-state index contributed by atoms with van der Waals surface area (Å²) in [5.41, 5.74) is -0.152. The first kappa shape index (κ1) is 17.0. The van der Waals surface area contributed by atoms with E-state index < -0.39 is 23.9 Å². The van der Waals surface area contributed by atoms with Crippen molar-refractivity contribution in [3.05, 3.63) is 35.4 Å². The van der Waals surface area contributed by atoms with E-state index in [2.05, 4.69) is 5.32 Å². The van der Waals surface area contributed by atoms with Gasteiger partial charge in [0.2, 0.25) is 0 Å². The second-order valence-corrected chi connectivity index (χ2v) is 6.19. The van der Waals surface area contributed by atoms with Crippen LogP contribution in [-0.2, 0) is 10.9 Å². The van der Waals surface area contributed by atoms with Crippen molar-refractivity contribution >= 4 is 6.03 Å². The van der Waals surface area contributed by atoms with Crippen LogP contribution in [0.15, 0.2) is 24.3 Å². The summed E-state index contributed by atoms with van der Waals surface area (Å²) in [6.07, 6.45) is -4.05. The van der Waals surface area contributed by atoms with Gasteiger partial charge in [0, 0.05) is 13.2 Å². The van der Waals surface area contributed by atoms with E-state index in [1.54, 1.807) is 0 Å². The minimum Gasteiger partial charge on any atom is -0.391 e. The molecule has 3 atom stereocenters. The number of halogens is 3. The molecule has 132 valence electrons. The number of hydrogen-bond donors (Lipinski definition) is 2. The van der Waals surface area contributed by atoms with E-state index in [4.69, 9.17) is 4.74 Å². The maximum absolute atomic E-state index is 12.7. The minimum atomic E-state index is -4.40. The van der Waals surface area contributed by atoms with Crippen molar-refractivity contribution in [1.82, 2.24) is 10.2 Å². The standard InChI is InChI=1S/C16H19F3N2O3/c17-16(18,19)11-3-1-10(2-4-11)14-7-13(22)8-21(14)15(23)20-12-5-6-24-9-12/h1-4,12-14,22H,5-9H2,(H,20,23). The first-order valence-electron chi connectivity index (χ1n) is 7.84. The van der Waals surface area contributed by atoms with Crippen molar-refractivity contribution in [3.8, 4) is 0 Å². The Balaban J connectivity index is 1.73. The molecule has 2 amide bonds. The smallest absolute Gasteiger partial charge is 0.391 e. The number of amides is 2. The first-order valence-corrected chi connectivity index (χ1v) is 7.84. The summed E-state index contributed by atoms with van der Waals surface area (Å²) >= 11 is 0. The molecule has 1 aromatic carbocycles. The molecule has 0 spiro atoms. The highest BCUT2D eigenvalue weighted by molar-refractivity contribution is 5.75. The number of carbonyl (C=O) groups is 1. The van der Waals surface area contributed by atoms with Crippen LogP contribution in [0, 0.1) is 0 Å². The number of rotatable bonds is 2. The summed E-state index contributed by atoms with van der Waals surface area (Å²) in [6, 6.07) is 3.90. The van der Waals surface area contributed by atoms with Crippen LogP contribution in [0.2, 0.25) is 0 Å². The number of ether oxygens (including phenoxy) is 1. The van der Waals surface area contributed by atoms with Crippen molar-refractivity contribution < 1.29 is 27.8 Å². The normalized spacial score (nSPS) is 27.5. The molecule has 3 rings (SSSR count). The highest BCUT2D eigenvalue weighted by atomic mass is 19.4. The van der Waals surface area contributed by atoms with E-state index in [1.165, 1.54) is 17.0 Å². The highest BCUT2D eigenvalue weighted by Gasteiger charge is 2.37. The first-order chi connectivity index (χ1) is 11.3. The highest BCUT2D eigenvalue weighted by Crippen LogP contribution is 2.35. The Bertz CT molecular complexity index is 585. The lowest BCUT2D eigenvalue weighted by atomic mass is 10.0. The van der Waals surface area contributed by atoms with Crippen LogP contribution in [0.1, 0.15) is 30.0 Å². The molecule has 2 heterocycles. The number of hydrogen-bond acceptors (Lipinski definition) is 3. The van der Waals surface area contributed by atoms with E-state index in [1.807, 2.05) is 0 Å². The van der Waals surface area contributed by atoms with Crippen LogP contribution in [-0.4, -0.2) is 47.9 Å². The van der Waals surface area contributed by atoms with Gasteiger partial charge in [-0.15, -0.1) is 0 Å². The molecule has 2 fully saturated rings. The SMILES string of the molecule is O=C(NC1CCOC1)N1CC(O)CC1c1ccc(C(F)(F)F)cc1. The number of aliphatic hydroxyl groups is 1. The van der Waals surface area contributed by atoms with E-state index in [0.29, 0.717) is 25.2 Å². The van der Waals surface area contributed by atoms with Crippen molar-refractivity contribution in [2.45, 2.75) is 37.2 Å². The van der Waals surface area contributed by atoms with Gasteiger partial charge in [0.25, 0.3) is 0 Å². The molecule has 2 N–H and O–H groups in total. The molecule has 8 heteroatoms. The fraction of sp³-hybridized carbons (Fsp3) is 0.562. The van der Waals surface area contributed by atoms with Crippen molar-refractivity contribution in [3.63, 3.8) is 0 Å². The summed E-state index contributed by atoms with van der Waals surface area (Å²) in [5.74, 6) is 0. The molecule has 0 saturated carbocycles. The fourth-order valence-electron chi connectivity index (χ4n) is 3.15. The van der Waals surface area contributed by atoms with Gasteiger partial charge in [0.1, 0.15) is 0 Å². The van der Waals surface area contributed by atoms with Gasteiger partial charge >= 0.3 is 12.2 Å². The predicted octanol–water partition coefficient (Wildman–Crippen LogP) is 2.31. The molecule has 1 aromatic rings. The molecule has 3 unspecified atom stereocenters. The minimum absolute atomic E-state index is 0.0662. The fourth-order valence-corrected chi connectivity index (χ4v) is 3.15. The summed E-state index contributed by atoms with van der Waals surface area (Å²) < 4.78 is 43.2. The summed E-state index contributed by atoms with van der Waals surface area (Å²) in [4.78, 5) is 13.9. The Morgan fingerprint density at radius 1 is 1.29 bits per heavy atom. The number of nitrogens with zero attached hydrogens (tertiary/aromatic N) is 1. The molecule has 2 saturated heterocycles. The van der Waals surface area contributed by atoms with E-state index in [0.717, 1.165) is 18.6 Å². The maximum Gasteiger partial charge on any atom is 0.416 e. The maximum atomic E-state index is 12.7. The van der Waals surface area contributed by atoms with Gasteiger partial charge in [0.15, 0.2) is 0 Å². The van der Waals surface area contributed by atoms with Gasteiger partial charge in [-0.25, -0.2) is 4.79 Å². The number of carbonyl (C=O) groups excluding carboxylic acids is 1. The lowest BCUT2D eigenvalue weighted by Crippen LogP contribution is -2.45. The van der Waals surface area contributed by atoms with Crippen LogP contribution < -0.4 is 5.32 Å². The third-order valence-electron chi connectivity index (χ3n) is 4.42. The molecule has 0 radical (unpaired) electrons. The Morgan fingerprint density at radius 3 is 2.58 bits per heavy atom. The zero-order valence-corrected chi connectivity index (χ0v) is 12.9. The zero-order valence-electron chi connectivity index (χ0n) is 12.9. The number of urea groups is 1. The van der Waals surface area contributed by atoms with Gasteiger partial charge in [0.05, 0.1) is 30.4 Å². The van der Waals surface area contributed by atoms with Gasteiger partial charge < -0.3 is 20.1 Å². The average molecular weight is 344 g/mol. The Morgan fingerprint density at radius 2 is 2.00 bits per heavy atom. The summed E-state index contributed by atoms with van der Waals surface area (Å²) in [5, 5.41) is 12.7. The molecule has 2 aliphatic heterocycles. The van der Waals surface area contributed by atoms with Crippen LogP contribution in [0.4, 0.5) is 18.0 Å². The largest absolute Gasteiger partial charge is 0.416 e. The molecule has 2 aliphatic rings. The second kappa shape index (κ2) is 6.60. The van der Waals surface area contributed by atoms with Gasteiger partial charge in [-0.05, 0) is 30.5 Å². The molecular formula is C16H19F3N2O3. The monoisotopic (exact) mass is 344 g/mol. The molecule has 5 nitrogen and oxygen atoms in total. The molecule has 24 heavy (non-hydrogen) atoms. The zero-order chi connectivity index (χ0) is 17.3. The van der Waals surface area contributed by atoms with Crippen LogP contribution >= 0.6 is 0 Å². The number of aliphatic hydroxyl groups excluding tert-OH is 1. The van der Waals surface area contributed by atoms with Gasteiger partial charge in [-0.1, -0.05) is 12.1 Å². The number of likely N-dealkylation sites (tertiary alicyclic amines) is 1. The number of alkyl halides is 3. The van der Waals surface area contributed by atoms with E-state index >= 15 is 0 Å².